The summed E-state index contributed by atoms with van der Waals surface area (Å²) in [7, 11) is 0. The van der Waals surface area contributed by atoms with Crippen molar-refractivity contribution in [2.45, 2.75) is 52.2 Å². The summed E-state index contributed by atoms with van der Waals surface area (Å²) in [5.41, 5.74) is 5.59. The molecule has 3 aromatic rings. The number of aldehydes is 1. The van der Waals surface area contributed by atoms with Crippen LogP contribution in [0.2, 0.25) is 5.02 Å². The van der Waals surface area contributed by atoms with Crippen LogP contribution in [0.4, 0.5) is 0 Å². The Morgan fingerprint density at radius 1 is 1.05 bits per heavy atom. The predicted molar refractivity (Wildman–Crippen MR) is 158 cm³/mol. The van der Waals surface area contributed by atoms with Gasteiger partial charge in [0.2, 0.25) is 0 Å². The highest BCUT2D eigenvalue weighted by Gasteiger charge is 2.31. The van der Waals surface area contributed by atoms with Crippen molar-refractivity contribution >= 4 is 17.9 Å². The number of carbonyl (C=O) groups excluding carboxylic acids is 1. The zero-order chi connectivity index (χ0) is 28.1. The van der Waals surface area contributed by atoms with Gasteiger partial charge in [-0.2, -0.15) is 0 Å². The molecule has 0 aliphatic carbocycles. The number of halogens is 1. The normalized spacial score (nSPS) is 19.2. The number of carbonyl (C=O) groups is 1. The monoisotopic (exact) mass is 563 g/mol. The van der Waals surface area contributed by atoms with Crippen LogP contribution >= 0.6 is 11.6 Å². The number of aromatic hydroxyl groups is 1. The van der Waals surface area contributed by atoms with Crippen LogP contribution in [0.15, 0.2) is 48.5 Å². The van der Waals surface area contributed by atoms with E-state index in [1.54, 1.807) is 0 Å². The summed E-state index contributed by atoms with van der Waals surface area (Å²) in [5, 5.41) is 10.3. The average molecular weight is 564 g/mol. The minimum Gasteiger partial charge on any atom is -0.507 e. The van der Waals surface area contributed by atoms with Gasteiger partial charge in [-0.05, 0) is 85.4 Å². The van der Waals surface area contributed by atoms with E-state index >= 15 is 0 Å². The van der Waals surface area contributed by atoms with Gasteiger partial charge in [0, 0.05) is 32.3 Å². The maximum absolute atomic E-state index is 11.0. The van der Waals surface area contributed by atoms with Gasteiger partial charge < -0.3 is 24.2 Å². The van der Waals surface area contributed by atoms with E-state index in [1.165, 1.54) is 25.0 Å². The lowest BCUT2D eigenvalue weighted by Crippen LogP contribution is -2.46. The van der Waals surface area contributed by atoms with Gasteiger partial charge in [0.15, 0.2) is 6.29 Å². The number of likely N-dealkylation sites (tertiary alicyclic amines) is 1. The lowest BCUT2D eigenvalue weighted by Gasteiger charge is -2.41. The molecule has 2 unspecified atom stereocenters. The van der Waals surface area contributed by atoms with Gasteiger partial charge in [-0.1, -0.05) is 41.9 Å². The number of phenolic OH excluding ortho intramolecular Hbond substituents is 1. The summed E-state index contributed by atoms with van der Waals surface area (Å²) in [6, 6.07) is 15.1. The first-order chi connectivity index (χ1) is 19.4. The summed E-state index contributed by atoms with van der Waals surface area (Å²) in [6.45, 7) is 9.41. The second-order valence-corrected chi connectivity index (χ2v) is 11.3. The first-order valence-corrected chi connectivity index (χ1v) is 14.6. The molecule has 2 aliphatic rings. The van der Waals surface area contributed by atoms with Crippen LogP contribution in [0, 0.1) is 19.8 Å². The number of ether oxygens (including phenoxy) is 3. The number of fused-ring (bicyclic) bond motifs is 1. The first kappa shape index (κ1) is 28.5. The molecule has 40 heavy (non-hydrogen) atoms. The average Bonchev–Trinajstić information content (AvgIpc) is 2.97. The summed E-state index contributed by atoms with van der Waals surface area (Å²) >= 11 is 6.26. The van der Waals surface area contributed by atoms with E-state index in [4.69, 9.17) is 25.8 Å². The van der Waals surface area contributed by atoms with Gasteiger partial charge in [0.1, 0.15) is 23.9 Å². The van der Waals surface area contributed by atoms with Crippen LogP contribution in [-0.2, 0) is 11.3 Å². The molecule has 2 atom stereocenters. The van der Waals surface area contributed by atoms with Gasteiger partial charge in [-0.25, -0.2) is 0 Å². The molecule has 2 heterocycles. The number of phenols is 1. The SMILES string of the molecule is Cc1c(COc2cc(O)c(C=O)cc2Cl)cccc1-c1cccc(OCCCN2CCC3OCCCC3C2)c1C. The molecule has 0 bridgehead atoms. The largest absolute Gasteiger partial charge is 0.507 e. The quantitative estimate of drug-likeness (QED) is 0.212. The van der Waals surface area contributed by atoms with Gasteiger partial charge >= 0.3 is 0 Å². The van der Waals surface area contributed by atoms with E-state index in [0.29, 0.717) is 30.7 Å². The third-order valence-electron chi connectivity index (χ3n) is 8.29. The molecule has 3 aromatic carbocycles. The van der Waals surface area contributed by atoms with E-state index in [2.05, 4.69) is 30.9 Å². The highest BCUT2D eigenvalue weighted by Crippen LogP contribution is 2.35. The van der Waals surface area contributed by atoms with Crippen LogP contribution in [0.5, 0.6) is 17.2 Å². The van der Waals surface area contributed by atoms with Crippen molar-refractivity contribution in [3.8, 4) is 28.4 Å². The van der Waals surface area contributed by atoms with Gasteiger partial charge in [0.05, 0.1) is 23.3 Å². The highest BCUT2D eigenvalue weighted by molar-refractivity contribution is 6.32. The molecule has 0 spiro atoms. The van der Waals surface area contributed by atoms with Crippen LogP contribution in [0.1, 0.15) is 52.7 Å². The van der Waals surface area contributed by atoms with Crippen LogP contribution in [-0.4, -0.2) is 55.2 Å². The maximum Gasteiger partial charge on any atom is 0.153 e. The maximum atomic E-state index is 11.0. The zero-order valence-electron chi connectivity index (χ0n) is 23.3. The van der Waals surface area contributed by atoms with Crippen molar-refractivity contribution in [2.75, 3.05) is 32.8 Å². The standard InChI is InChI=1S/C33H38ClNO5/c1-22-25(21-40-33-18-30(37)26(20-36)17-29(33)34)7-3-9-27(22)28-10-4-11-31(23(28)2)38-16-6-13-35-14-12-32-24(19-35)8-5-15-39-32/h3-4,7,9-11,17-18,20,24,32,37H,5-6,8,12-16,19,21H2,1-2H3. The fraction of sp³-hybridized carbons (Fsp3) is 0.424. The molecule has 5 rings (SSSR count). The molecule has 7 heteroatoms. The van der Waals surface area contributed by atoms with E-state index < -0.39 is 0 Å². The molecule has 2 fully saturated rings. The van der Waals surface area contributed by atoms with Crippen molar-refractivity contribution in [2.24, 2.45) is 5.92 Å². The van der Waals surface area contributed by atoms with Crippen molar-refractivity contribution in [1.29, 1.82) is 0 Å². The Labute approximate surface area is 241 Å². The van der Waals surface area contributed by atoms with Crippen molar-refractivity contribution in [1.82, 2.24) is 4.90 Å². The fourth-order valence-corrected chi connectivity index (χ4v) is 6.18. The molecule has 212 valence electrons. The van der Waals surface area contributed by atoms with Gasteiger partial charge in [-0.3, -0.25) is 4.79 Å². The number of rotatable bonds is 10. The van der Waals surface area contributed by atoms with Crippen molar-refractivity contribution in [3.05, 3.63) is 75.8 Å². The van der Waals surface area contributed by atoms with Crippen molar-refractivity contribution in [3.63, 3.8) is 0 Å². The molecule has 0 aromatic heterocycles. The Bertz CT molecular complexity index is 1340. The molecule has 2 saturated heterocycles. The number of nitrogens with zero attached hydrogens (tertiary/aromatic N) is 1. The zero-order valence-corrected chi connectivity index (χ0v) is 24.1. The lowest BCUT2D eigenvalue weighted by molar-refractivity contribution is -0.0665. The number of hydrogen-bond acceptors (Lipinski definition) is 6. The molecule has 2 aliphatic heterocycles. The van der Waals surface area contributed by atoms with Gasteiger partial charge in [-0.15, -0.1) is 0 Å². The number of benzene rings is 3. The van der Waals surface area contributed by atoms with E-state index in [1.807, 2.05) is 24.3 Å². The molecule has 0 amide bonds. The Morgan fingerprint density at radius 3 is 2.67 bits per heavy atom. The van der Waals surface area contributed by atoms with Crippen LogP contribution in [0.3, 0.4) is 0 Å². The van der Waals surface area contributed by atoms with Crippen molar-refractivity contribution < 1.29 is 24.1 Å². The minimum absolute atomic E-state index is 0.132. The fourth-order valence-electron chi connectivity index (χ4n) is 5.95. The Morgan fingerprint density at radius 2 is 1.85 bits per heavy atom. The summed E-state index contributed by atoms with van der Waals surface area (Å²) in [4.78, 5) is 13.6. The Hall–Kier alpha value is -3.06. The molecule has 6 nitrogen and oxygen atoms in total. The highest BCUT2D eigenvalue weighted by atomic mass is 35.5. The van der Waals surface area contributed by atoms with Crippen LogP contribution in [0.25, 0.3) is 11.1 Å². The number of piperidine rings is 1. The van der Waals surface area contributed by atoms with Gasteiger partial charge in [0.25, 0.3) is 0 Å². The lowest BCUT2D eigenvalue weighted by atomic mass is 9.88. The molecular formula is C33H38ClNO5. The predicted octanol–water partition coefficient (Wildman–Crippen LogP) is 6.99. The minimum atomic E-state index is -0.157. The Balaban J connectivity index is 1.20. The Kier molecular flexibility index (Phi) is 9.30. The molecule has 0 saturated carbocycles. The first-order valence-electron chi connectivity index (χ1n) is 14.2. The van der Waals surface area contributed by atoms with E-state index in [-0.39, 0.29) is 22.9 Å². The summed E-state index contributed by atoms with van der Waals surface area (Å²) in [6.07, 6.45) is 5.67. The third-order valence-corrected chi connectivity index (χ3v) is 8.58. The molecular weight excluding hydrogens is 526 g/mol. The van der Waals surface area contributed by atoms with E-state index in [0.717, 1.165) is 72.6 Å². The number of hydrogen-bond donors (Lipinski definition) is 1. The second-order valence-electron chi connectivity index (χ2n) is 10.9. The molecule has 1 N–H and O–H groups in total. The summed E-state index contributed by atoms with van der Waals surface area (Å²) < 4.78 is 18.2. The van der Waals surface area contributed by atoms with Crippen LogP contribution < -0.4 is 9.47 Å². The third kappa shape index (κ3) is 6.46. The second kappa shape index (κ2) is 13.1. The summed E-state index contributed by atoms with van der Waals surface area (Å²) in [5.74, 6) is 1.78. The smallest absolute Gasteiger partial charge is 0.153 e. The topological polar surface area (TPSA) is 68.2 Å². The molecule has 0 radical (unpaired) electrons. The van der Waals surface area contributed by atoms with E-state index in [9.17, 15) is 9.90 Å².